The summed E-state index contributed by atoms with van der Waals surface area (Å²) in [4.78, 5) is 0. The van der Waals surface area contributed by atoms with E-state index in [1.165, 1.54) is 0 Å². The van der Waals surface area contributed by atoms with E-state index in [0.29, 0.717) is 24.4 Å². The van der Waals surface area contributed by atoms with Gasteiger partial charge in [0.25, 0.3) is 0 Å². The van der Waals surface area contributed by atoms with Crippen LogP contribution in [0, 0.1) is 5.92 Å². The molecule has 120 valence electrons. The quantitative estimate of drug-likeness (QED) is 0.335. The zero-order valence-electron chi connectivity index (χ0n) is 12.4. The minimum Gasteiger partial charge on any atom is -0.399 e. The van der Waals surface area contributed by atoms with Gasteiger partial charge in [-0.05, 0) is 31.1 Å². The van der Waals surface area contributed by atoms with E-state index in [1.807, 2.05) is 36.4 Å². The van der Waals surface area contributed by atoms with Crippen LogP contribution < -0.4 is 22.5 Å². The summed E-state index contributed by atoms with van der Waals surface area (Å²) in [6.45, 7) is 0.553. The SMILES string of the molecule is NC1=CC(CNc2ccccc2N)C(N)(CCC(O)O)C=C1. The van der Waals surface area contributed by atoms with Gasteiger partial charge in [-0.3, -0.25) is 0 Å². The number of hydrogen-bond acceptors (Lipinski definition) is 6. The first-order valence-electron chi connectivity index (χ1n) is 7.30. The lowest BCUT2D eigenvalue weighted by Crippen LogP contribution is -2.49. The Labute approximate surface area is 130 Å². The molecule has 0 fully saturated rings. The van der Waals surface area contributed by atoms with Crippen LogP contribution in [-0.2, 0) is 0 Å². The number of nitrogens with one attached hydrogen (secondary N) is 1. The highest BCUT2D eigenvalue weighted by Crippen LogP contribution is 2.29. The molecule has 2 atom stereocenters. The number of anilines is 2. The van der Waals surface area contributed by atoms with Crippen molar-refractivity contribution in [3.05, 3.63) is 48.2 Å². The van der Waals surface area contributed by atoms with Gasteiger partial charge in [-0.2, -0.15) is 0 Å². The van der Waals surface area contributed by atoms with Crippen LogP contribution in [0.4, 0.5) is 11.4 Å². The molecular formula is C16H24N4O2. The van der Waals surface area contributed by atoms with Crippen LogP contribution in [0.15, 0.2) is 48.2 Å². The lowest BCUT2D eigenvalue weighted by molar-refractivity contribution is -0.0495. The van der Waals surface area contributed by atoms with Crippen molar-refractivity contribution in [3.8, 4) is 0 Å². The van der Waals surface area contributed by atoms with Crippen molar-refractivity contribution in [2.45, 2.75) is 24.7 Å². The van der Waals surface area contributed by atoms with E-state index >= 15 is 0 Å². The fraction of sp³-hybridized carbons (Fsp3) is 0.375. The Balaban J connectivity index is 2.08. The highest BCUT2D eigenvalue weighted by atomic mass is 16.5. The highest BCUT2D eigenvalue weighted by Gasteiger charge is 2.33. The third-order valence-corrected chi connectivity index (χ3v) is 3.98. The molecule has 0 bridgehead atoms. The molecular weight excluding hydrogens is 280 g/mol. The second-order valence-corrected chi connectivity index (χ2v) is 5.71. The molecule has 1 aromatic carbocycles. The van der Waals surface area contributed by atoms with Crippen LogP contribution in [0.2, 0.25) is 0 Å². The molecule has 0 heterocycles. The third kappa shape index (κ3) is 4.00. The van der Waals surface area contributed by atoms with E-state index < -0.39 is 11.8 Å². The van der Waals surface area contributed by atoms with Crippen molar-refractivity contribution in [3.63, 3.8) is 0 Å². The maximum atomic E-state index is 9.08. The van der Waals surface area contributed by atoms with Crippen molar-refractivity contribution in [2.75, 3.05) is 17.6 Å². The Hall–Kier alpha value is -2.02. The zero-order chi connectivity index (χ0) is 16.2. The summed E-state index contributed by atoms with van der Waals surface area (Å²) in [5.41, 5.74) is 19.7. The number of nitrogens with two attached hydrogens (primary N) is 3. The minimum atomic E-state index is -1.37. The molecule has 0 amide bonds. The number of aliphatic hydroxyl groups excluding tert-OH is 1. The van der Waals surface area contributed by atoms with Crippen molar-refractivity contribution in [2.24, 2.45) is 17.4 Å². The molecule has 22 heavy (non-hydrogen) atoms. The highest BCUT2D eigenvalue weighted by molar-refractivity contribution is 5.65. The van der Waals surface area contributed by atoms with E-state index in [2.05, 4.69) is 5.32 Å². The number of para-hydroxylation sites is 2. The summed E-state index contributed by atoms with van der Waals surface area (Å²) in [7, 11) is 0. The van der Waals surface area contributed by atoms with Gasteiger partial charge in [-0.25, -0.2) is 0 Å². The van der Waals surface area contributed by atoms with Crippen LogP contribution in [0.5, 0.6) is 0 Å². The average Bonchev–Trinajstić information content (AvgIpc) is 2.48. The molecule has 1 aliphatic carbocycles. The number of allylic oxidation sites excluding steroid dienone is 1. The smallest absolute Gasteiger partial charge is 0.151 e. The van der Waals surface area contributed by atoms with Crippen molar-refractivity contribution < 1.29 is 10.2 Å². The average molecular weight is 304 g/mol. The second-order valence-electron chi connectivity index (χ2n) is 5.71. The maximum Gasteiger partial charge on any atom is 0.151 e. The molecule has 2 rings (SSSR count). The molecule has 9 N–H and O–H groups in total. The van der Waals surface area contributed by atoms with E-state index in [0.717, 1.165) is 5.69 Å². The lowest BCUT2D eigenvalue weighted by atomic mass is 9.77. The van der Waals surface area contributed by atoms with E-state index in [4.69, 9.17) is 27.4 Å². The molecule has 6 nitrogen and oxygen atoms in total. The largest absolute Gasteiger partial charge is 0.399 e. The van der Waals surface area contributed by atoms with Crippen LogP contribution in [-0.4, -0.2) is 28.6 Å². The Bertz CT molecular complexity index is 571. The zero-order valence-corrected chi connectivity index (χ0v) is 12.4. The summed E-state index contributed by atoms with van der Waals surface area (Å²) >= 11 is 0. The molecule has 0 saturated heterocycles. The number of hydrogen-bond donors (Lipinski definition) is 6. The van der Waals surface area contributed by atoms with E-state index in [1.54, 1.807) is 6.08 Å². The molecule has 0 radical (unpaired) electrons. The molecule has 0 aromatic heterocycles. The van der Waals surface area contributed by atoms with Gasteiger partial charge >= 0.3 is 0 Å². The van der Waals surface area contributed by atoms with Gasteiger partial charge in [-0.1, -0.05) is 24.3 Å². The van der Waals surface area contributed by atoms with Crippen LogP contribution in [0.25, 0.3) is 0 Å². The number of benzene rings is 1. The monoisotopic (exact) mass is 304 g/mol. The molecule has 2 unspecified atom stereocenters. The molecule has 1 aromatic rings. The number of rotatable bonds is 6. The van der Waals surface area contributed by atoms with Crippen LogP contribution in [0.3, 0.4) is 0 Å². The second kappa shape index (κ2) is 6.83. The Morgan fingerprint density at radius 2 is 1.95 bits per heavy atom. The first-order valence-corrected chi connectivity index (χ1v) is 7.30. The Morgan fingerprint density at radius 3 is 2.64 bits per heavy atom. The van der Waals surface area contributed by atoms with Gasteiger partial charge in [0.05, 0.1) is 11.4 Å². The minimum absolute atomic E-state index is 0.0733. The van der Waals surface area contributed by atoms with Crippen LogP contribution in [0.1, 0.15) is 12.8 Å². The van der Waals surface area contributed by atoms with Gasteiger partial charge in [0.15, 0.2) is 6.29 Å². The fourth-order valence-electron chi connectivity index (χ4n) is 2.59. The van der Waals surface area contributed by atoms with Gasteiger partial charge < -0.3 is 32.7 Å². The molecule has 0 spiro atoms. The van der Waals surface area contributed by atoms with Crippen molar-refractivity contribution >= 4 is 11.4 Å². The number of aliphatic hydroxyl groups is 2. The normalized spacial score (nSPS) is 24.4. The van der Waals surface area contributed by atoms with Crippen molar-refractivity contribution in [1.29, 1.82) is 0 Å². The summed E-state index contributed by atoms with van der Waals surface area (Å²) in [6, 6.07) is 7.50. The molecule has 0 aliphatic heterocycles. The van der Waals surface area contributed by atoms with Crippen molar-refractivity contribution in [1.82, 2.24) is 0 Å². The molecule has 6 heteroatoms. The van der Waals surface area contributed by atoms with Gasteiger partial charge in [0.2, 0.25) is 0 Å². The van der Waals surface area contributed by atoms with E-state index in [9.17, 15) is 0 Å². The first-order chi connectivity index (χ1) is 10.4. The lowest BCUT2D eigenvalue weighted by Gasteiger charge is -2.36. The summed E-state index contributed by atoms with van der Waals surface area (Å²) in [6.07, 6.45) is 4.79. The Kier molecular flexibility index (Phi) is 5.07. The Morgan fingerprint density at radius 1 is 1.23 bits per heavy atom. The van der Waals surface area contributed by atoms with E-state index in [-0.39, 0.29) is 12.3 Å². The predicted octanol–water partition coefficient (Wildman–Crippen LogP) is 0.498. The van der Waals surface area contributed by atoms with Gasteiger partial charge in [0.1, 0.15) is 0 Å². The summed E-state index contributed by atoms with van der Waals surface area (Å²) < 4.78 is 0. The topological polar surface area (TPSA) is 131 Å². The first kappa shape index (κ1) is 16.4. The predicted molar refractivity (Wildman–Crippen MR) is 88.6 cm³/mol. The maximum absolute atomic E-state index is 9.08. The fourth-order valence-corrected chi connectivity index (χ4v) is 2.59. The standard InChI is InChI=1S/C16H24N4O2/c17-12-5-7-16(19,8-6-15(21)22)11(9-12)10-20-14-4-2-1-3-13(14)18/h1-5,7,9,11,15,20-22H,6,8,10,17-19H2. The molecule has 1 aliphatic rings. The van der Waals surface area contributed by atoms with Gasteiger partial charge in [-0.15, -0.1) is 0 Å². The number of nitrogen functional groups attached to an aromatic ring is 1. The van der Waals surface area contributed by atoms with Crippen LogP contribution >= 0.6 is 0 Å². The summed E-state index contributed by atoms with van der Waals surface area (Å²) in [5.74, 6) is -0.0733. The summed E-state index contributed by atoms with van der Waals surface area (Å²) in [5, 5.41) is 21.4. The third-order valence-electron chi connectivity index (χ3n) is 3.98. The van der Waals surface area contributed by atoms with Gasteiger partial charge in [0, 0.05) is 23.7 Å². The molecule has 0 saturated carbocycles.